The van der Waals surface area contributed by atoms with E-state index in [1.54, 1.807) is 22.2 Å². The summed E-state index contributed by atoms with van der Waals surface area (Å²) < 4.78 is 1.79. The van der Waals surface area contributed by atoms with E-state index in [0.29, 0.717) is 5.69 Å². The molecule has 0 atom stereocenters. The molecule has 5 nitrogen and oxygen atoms in total. The average molecular weight is 292 g/mol. The molecule has 2 heterocycles. The third-order valence-corrected chi connectivity index (χ3v) is 4.85. The van der Waals surface area contributed by atoms with Crippen molar-refractivity contribution in [2.75, 3.05) is 0 Å². The van der Waals surface area contributed by atoms with Crippen LogP contribution in [0.4, 0.5) is 0 Å². The molecule has 0 bridgehead atoms. The molecule has 2 aromatic rings. The van der Waals surface area contributed by atoms with Crippen molar-refractivity contribution in [3.05, 3.63) is 23.0 Å². The summed E-state index contributed by atoms with van der Waals surface area (Å²) in [6, 6.07) is 0. The smallest absolute Gasteiger partial charge is 0.211 e. The van der Waals surface area contributed by atoms with Gasteiger partial charge in [-0.05, 0) is 18.8 Å². The molecule has 2 aromatic heterocycles. The first-order chi connectivity index (χ1) is 9.88. The van der Waals surface area contributed by atoms with Crippen LogP contribution in [0, 0.1) is 5.92 Å². The summed E-state index contributed by atoms with van der Waals surface area (Å²) in [7, 11) is 0. The van der Waals surface area contributed by atoms with Crippen molar-refractivity contribution in [3.63, 3.8) is 0 Å². The number of aliphatic hydroxyl groups excluding tert-OH is 1. The van der Waals surface area contributed by atoms with Crippen LogP contribution in [0.2, 0.25) is 0 Å². The van der Waals surface area contributed by atoms with Gasteiger partial charge in [0.05, 0.1) is 12.3 Å². The minimum Gasteiger partial charge on any atom is -0.390 e. The SMILES string of the molecule is OCc1nnn(-c2nccs2)c1CCC1CCCCC1. The van der Waals surface area contributed by atoms with E-state index >= 15 is 0 Å². The lowest BCUT2D eigenvalue weighted by molar-refractivity contribution is 0.274. The van der Waals surface area contributed by atoms with Gasteiger partial charge in [-0.3, -0.25) is 0 Å². The summed E-state index contributed by atoms with van der Waals surface area (Å²) in [5.74, 6) is 0.815. The van der Waals surface area contributed by atoms with Crippen LogP contribution in [-0.4, -0.2) is 25.1 Å². The maximum Gasteiger partial charge on any atom is 0.211 e. The molecule has 0 aromatic carbocycles. The normalized spacial score (nSPS) is 16.6. The summed E-state index contributed by atoms with van der Waals surface area (Å²) in [6.45, 7) is -0.0502. The van der Waals surface area contributed by atoms with E-state index in [9.17, 15) is 5.11 Å². The number of hydrogen-bond acceptors (Lipinski definition) is 5. The Morgan fingerprint density at radius 3 is 2.85 bits per heavy atom. The van der Waals surface area contributed by atoms with Crippen LogP contribution in [0.1, 0.15) is 49.9 Å². The molecule has 1 aliphatic carbocycles. The highest BCUT2D eigenvalue weighted by molar-refractivity contribution is 7.12. The zero-order valence-electron chi connectivity index (χ0n) is 11.5. The third kappa shape index (κ3) is 2.91. The molecule has 1 N–H and O–H groups in total. The Bertz CT molecular complexity index is 531. The maximum absolute atomic E-state index is 9.43. The van der Waals surface area contributed by atoms with Crippen molar-refractivity contribution in [1.82, 2.24) is 20.0 Å². The first-order valence-electron chi connectivity index (χ1n) is 7.32. The molecule has 0 radical (unpaired) electrons. The summed E-state index contributed by atoms with van der Waals surface area (Å²) in [5, 5.41) is 20.4. The number of rotatable bonds is 5. The molecular formula is C14H20N4OS. The van der Waals surface area contributed by atoms with E-state index in [1.807, 2.05) is 5.38 Å². The highest BCUT2D eigenvalue weighted by atomic mass is 32.1. The first kappa shape index (κ1) is 13.7. The van der Waals surface area contributed by atoms with Gasteiger partial charge in [-0.25, -0.2) is 4.98 Å². The fourth-order valence-electron chi connectivity index (χ4n) is 3.00. The van der Waals surface area contributed by atoms with E-state index < -0.39 is 0 Å². The number of nitrogens with zero attached hydrogens (tertiary/aromatic N) is 4. The molecule has 6 heteroatoms. The minimum atomic E-state index is -0.0502. The van der Waals surface area contributed by atoms with Gasteiger partial charge >= 0.3 is 0 Å². The van der Waals surface area contributed by atoms with Crippen LogP contribution in [-0.2, 0) is 13.0 Å². The second-order valence-corrected chi connectivity index (χ2v) is 6.28. The monoisotopic (exact) mass is 292 g/mol. The summed E-state index contributed by atoms with van der Waals surface area (Å²) in [4.78, 5) is 4.29. The number of thiazole rings is 1. The van der Waals surface area contributed by atoms with Gasteiger partial charge in [0.25, 0.3) is 0 Å². The molecule has 0 spiro atoms. The van der Waals surface area contributed by atoms with Crippen molar-refractivity contribution in [2.45, 2.75) is 51.6 Å². The van der Waals surface area contributed by atoms with Gasteiger partial charge in [-0.1, -0.05) is 37.3 Å². The van der Waals surface area contributed by atoms with E-state index in [-0.39, 0.29) is 6.61 Å². The van der Waals surface area contributed by atoms with Crippen LogP contribution in [0.5, 0.6) is 0 Å². The number of hydrogen-bond donors (Lipinski definition) is 1. The molecule has 3 rings (SSSR count). The average Bonchev–Trinajstić information content (AvgIpc) is 3.14. The molecule has 1 fully saturated rings. The summed E-state index contributed by atoms with van der Waals surface area (Å²) in [5.41, 5.74) is 1.71. The number of aliphatic hydroxyl groups is 1. The predicted molar refractivity (Wildman–Crippen MR) is 77.8 cm³/mol. The first-order valence-corrected chi connectivity index (χ1v) is 8.20. The second kappa shape index (κ2) is 6.45. The molecule has 0 aliphatic heterocycles. The van der Waals surface area contributed by atoms with Gasteiger partial charge in [0.1, 0.15) is 5.69 Å². The number of aromatic nitrogens is 4. The van der Waals surface area contributed by atoms with Crippen molar-refractivity contribution in [3.8, 4) is 5.13 Å². The topological polar surface area (TPSA) is 63.8 Å². The van der Waals surface area contributed by atoms with Crippen LogP contribution >= 0.6 is 11.3 Å². The lowest BCUT2D eigenvalue weighted by Gasteiger charge is -2.21. The highest BCUT2D eigenvalue weighted by Gasteiger charge is 2.18. The predicted octanol–water partition coefficient (Wildman–Crippen LogP) is 2.73. The van der Waals surface area contributed by atoms with Crippen LogP contribution in [0.25, 0.3) is 5.13 Å². The maximum atomic E-state index is 9.43. The van der Waals surface area contributed by atoms with Crippen LogP contribution in [0.15, 0.2) is 11.6 Å². The van der Waals surface area contributed by atoms with Crippen molar-refractivity contribution >= 4 is 11.3 Å². The lowest BCUT2D eigenvalue weighted by atomic mass is 9.85. The van der Waals surface area contributed by atoms with Gasteiger partial charge in [0, 0.05) is 11.6 Å². The Morgan fingerprint density at radius 2 is 2.15 bits per heavy atom. The third-order valence-electron chi connectivity index (χ3n) is 4.11. The fourth-order valence-corrected chi connectivity index (χ4v) is 3.61. The molecule has 108 valence electrons. The standard InChI is InChI=1S/C14H20N4OS/c19-10-12-13(7-6-11-4-2-1-3-5-11)18(17-16-12)14-15-8-9-20-14/h8-9,11,19H,1-7,10H2. The Balaban J connectivity index is 1.75. The van der Waals surface area contributed by atoms with Gasteiger partial charge < -0.3 is 5.11 Å². The van der Waals surface area contributed by atoms with Crippen molar-refractivity contribution in [2.24, 2.45) is 5.92 Å². The Kier molecular flexibility index (Phi) is 4.42. The van der Waals surface area contributed by atoms with Gasteiger partial charge in [0.2, 0.25) is 5.13 Å². The lowest BCUT2D eigenvalue weighted by Crippen LogP contribution is -2.10. The molecular weight excluding hydrogens is 272 g/mol. The van der Waals surface area contributed by atoms with E-state index in [4.69, 9.17) is 0 Å². The van der Waals surface area contributed by atoms with Gasteiger partial charge in [-0.15, -0.1) is 16.4 Å². The molecule has 0 amide bonds. The molecule has 0 saturated heterocycles. The Hall–Kier alpha value is -1.27. The molecule has 1 saturated carbocycles. The fraction of sp³-hybridized carbons (Fsp3) is 0.643. The quantitative estimate of drug-likeness (QED) is 0.920. The van der Waals surface area contributed by atoms with Crippen molar-refractivity contribution < 1.29 is 5.11 Å². The molecule has 20 heavy (non-hydrogen) atoms. The zero-order valence-corrected chi connectivity index (χ0v) is 12.3. The van der Waals surface area contributed by atoms with Crippen LogP contribution < -0.4 is 0 Å². The van der Waals surface area contributed by atoms with Gasteiger partial charge in [-0.2, -0.15) is 4.68 Å². The second-order valence-electron chi connectivity index (χ2n) is 5.41. The Labute approximate surface area is 122 Å². The zero-order chi connectivity index (χ0) is 13.8. The van der Waals surface area contributed by atoms with E-state index in [1.165, 1.54) is 32.1 Å². The Morgan fingerprint density at radius 1 is 1.30 bits per heavy atom. The van der Waals surface area contributed by atoms with Crippen LogP contribution in [0.3, 0.4) is 0 Å². The van der Waals surface area contributed by atoms with E-state index in [0.717, 1.165) is 29.6 Å². The largest absolute Gasteiger partial charge is 0.390 e. The van der Waals surface area contributed by atoms with E-state index in [2.05, 4.69) is 15.3 Å². The van der Waals surface area contributed by atoms with Gasteiger partial charge in [0.15, 0.2) is 0 Å². The molecule has 0 unspecified atom stereocenters. The summed E-state index contributed by atoms with van der Waals surface area (Å²) >= 11 is 1.54. The summed E-state index contributed by atoms with van der Waals surface area (Å²) in [6.07, 6.45) is 10.6. The van der Waals surface area contributed by atoms with Crippen molar-refractivity contribution in [1.29, 1.82) is 0 Å². The molecule has 1 aliphatic rings. The highest BCUT2D eigenvalue weighted by Crippen LogP contribution is 2.28. The minimum absolute atomic E-state index is 0.0502.